The van der Waals surface area contributed by atoms with Crippen LogP contribution in [0.1, 0.15) is 31.4 Å². The number of benzene rings is 1. The number of likely N-dealkylation sites (N-methyl/N-ethyl adjacent to an activating group) is 1. The van der Waals surface area contributed by atoms with Crippen LogP contribution in [0.2, 0.25) is 0 Å². The molecule has 1 aliphatic rings. The number of sulfonamides is 1. The van der Waals surface area contributed by atoms with Gasteiger partial charge in [0.15, 0.2) is 0 Å². The lowest BCUT2D eigenvalue weighted by Crippen LogP contribution is -2.45. The molecule has 0 saturated heterocycles. The standard InChI is InChI=1S/C15H20N2O3S/c1-3-16-15(18)11(2)17-21(19,20)14-9-8-12-6-4-5-7-13(12)10-14/h4-7,10-11,17H,3,8-9H2,1-2H3,(H,16,18)/t11-/m0/s1. The summed E-state index contributed by atoms with van der Waals surface area (Å²) >= 11 is 0. The molecule has 1 aromatic rings. The van der Waals surface area contributed by atoms with Gasteiger partial charge in [0.05, 0.1) is 10.9 Å². The molecule has 0 spiro atoms. The Morgan fingerprint density at radius 3 is 2.71 bits per heavy atom. The van der Waals surface area contributed by atoms with Crippen molar-refractivity contribution in [3.05, 3.63) is 40.3 Å². The minimum Gasteiger partial charge on any atom is -0.355 e. The highest BCUT2D eigenvalue weighted by Crippen LogP contribution is 2.26. The van der Waals surface area contributed by atoms with Crippen LogP contribution in [-0.4, -0.2) is 26.9 Å². The first kappa shape index (κ1) is 15.7. The van der Waals surface area contributed by atoms with Gasteiger partial charge in [-0.2, -0.15) is 4.72 Å². The molecule has 0 heterocycles. The van der Waals surface area contributed by atoms with Gasteiger partial charge in [-0.1, -0.05) is 24.3 Å². The van der Waals surface area contributed by atoms with Crippen LogP contribution >= 0.6 is 0 Å². The highest BCUT2D eigenvalue weighted by Gasteiger charge is 2.25. The molecule has 0 unspecified atom stereocenters. The molecule has 0 saturated carbocycles. The Labute approximate surface area is 125 Å². The number of hydrogen-bond donors (Lipinski definition) is 2. The van der Waals surface area contributed by atoms with E-state index in [1.165, 1.54) is 0 Å². The van der Waals surface area contributed by atoms with E-state index in [4.69, 9.17) is 0 Å². The number of carbonyl (C=O) groups is 1. The van der Waals surface area contributed by atoms with Crippen molar-refractivity contribution >= 4 is 22.0 Å². The third kappa shape index (κ3) is 3.71. The smallest absolute Gasteiger partial charge is 0.237 e. The van der Waals surface area contributed by atoms with Crippen molar-refractivity contribution in [2.45, 2.75) is 32.7 Å². The molecule has 0 fully saturated rings. The van der Waals surface area contributed by atoms with Crippen molar-refractivity contribution in [1.82, 2.24) is 10.0 Å². The van der Waals surface area contributed by atoms with Gasteiger partial charge < -0.3 is 5.32 Å². The van der Waals surface area contributed by atoms with Gasteiger partial charge in [0.25, 0.3) is 0 Å². The maximum atomic E-state index is 12.4. The number of carbonyl (C=O) groups excluding carboxylic acids is 1. The minimum atomic E-state index is -3.64. The summed E-state index contributed by atoms with van der Waals surface area (Å²) in [6.45, 7) is 3.81. The van der Waals surface area contributed by atoms with E-state index in [9.17, 15) is 13.2 Å². The number of hydrogen-bond acceptors (Lipinski definition) is 3. The third-order valence-electron chi connectivity index (χ3n) is 3.43. The summed E-state index contributed by atoms with van der Waals surface area (Å²) in [6.07, 6.45) is 2.83. The van der Waals surface area contributed by atoms with E-state index in [-0.39, 0.29) is 5.91 Å². The molecule has 1 amide bonds. The SMILES string of the molecule is CCNC(=O)[C@H](C)NS(=O)(=O)C1=Cc2ccccc2CC1. The molecule has 114 valence electrons. The first-order chi connectivity index (χ1) is 9.94. The van der Waals surface area contributed by atoms with Gasteiger partial charge >= 0.3 is 0 Å². The maximum absolute atomic E-state index is 12.4. The summed E-state index contributed by atoms with van der Waals surface area (Å²) in [5.41, 5.74) is 2.07. The van der Waals surface area contributed by atoms with E-state index >= 15 is 0 Å². The first-order valence-corrected chi connectivity index (χ1v) is 8.51. The molecule has 0 radical (unpaired) electrons. The zero-order valence-corrected chi connectivity index (χ0v) is 13.0. The van der Waals surface area contributed by atoms with Crippen LogP contribution < -0.4 is 10.0 Å². The predicted octanol–water partition coefficient (Wildman–Crippen LogP) is 1.42. The fourth-order valence-corrected chi connectivity index (χ4v) is 3.68. The van der Waals surface area contributed by atoms with Gasteiger partial charge in [0, 0.05) is 6.54 Å². The minimum absolute atomic E-state index is 0.321. The van der Waals surface area contributed by atoms with Gasteiger partial charge in [0.2, 0.25) is 15.9 Å². The van der Waals surface area contributed by atoms with Crippen LogP contribution in [0.15, 0.2) is 29.2 Å². The number of fused-ring (bicyclic) bond motifs is 1. The monoisotopic (exact) mass is 308 g/mol. The lowest BCUT2D eigenvalue weighted by Gasteiger charge is -2.19. The molecule has 6 heteroatoms. The molecular weight excluding hydrogens is 288 g/mol. The molecule has 1 atom stereocenters. The zero-order chi connectivity index (χ0) is 15.5. The Morgan fingerprint density at radius 1 is 1.29 bits per heavy atom. The van der Waals surface area contributed by atoms with Crippen molar-refractivity contribution in [2.75, 3.05) is 6.54 Å². The first-order valence-electron chi connectivity index (χ1n) is 7.02. The van der Waals surface area contributed by atoms with Crippen molar-refractivity contribution < 1.29 is 13.2 Å². The van der Waals surface area contributed by atoms with Crippen LogP contribution in [-0.2, 0) is 21.2 Å². The van der Waals surface area contributed by atoms with Crippen LogP contribution in [0.3, 0.4) is 0 Å². The summed E-state index contributed by atoms with van der Waals surface area (Å²) < 4.78 is 27.1. The summed E-state index contributed by atoms with van der Waals surface area (Å²) in [4.78, 5) is 12.0. The molecule has 0 aromatic heterocycles. The van der Waals surface area contributed by atoms with Gasteiger partial charge in [-0.15, -0.1) is 0 Å². The number of nitrogens with one attached hydrogen (secondary N) is 2. The Morgan fingerprint density at radius 2 is 2.00 bits per heavy atom. The number of aryl methyl sites for hydroxylation is 1. The van der Waals surface area contributed by atoms with Gasteiger partial charge in [-0.05, 0) is 43.9 Å². The number of amides is 1. The zero-order valence-electron chi connectivity index (χ0n) is 12.2. The van der Waals surface area contributed by atoms with E-state index in [1.54, 1.807) is 19.9 Å². The molecule has 0 bridgehead atoms. The molecule has 5 nitrogen and oxygen atoms in total. The van der Waals surface area contributed by atoms with Crippen molar-refractivity contribution in [2.24, 2.45) is 0 Å². The average molecular weight is 308 g/mol. The molecule has 1 aromatic carbocycles. The quantitative estimate of drug-likeness (QED) is 0.864. The van der Waals surface area contributed by atoms with Crippen LogP contribution in [0, 0.1) is 0 Å². The van der Waals surface area contributed by atoms with Gasteiger partial charge in [-0.3, -0.25) is 4.79 Å². The fraction of sp³-hybridized carbons (Fsp3) is 0.400. The summed E-state index contributed by atoms with van der Waals surface area (Å²) in [7, 11) is -3.64. The van der Waals surface area contributed by atoms with Crippen LogP contribution in [0.25, 0.3) is 6.08 Å². The number of allylic oxidation sites excluding steroid dienone is 1. The second kappa shape index (κ2) is 6.41. The molecule has 1 aliphatic carbocycles. The maximum Gasteiger partial charge on any atom is 0.237 e. The highest BCUT2D eigenvalue weighted by atomic mass is 32.2. The summed E-state index contributed by atoms with van der Waals surface area (Å²) in [6, 6.07) is 6.95. The topological polar surface area (TPSA) is 75.3 Å². The van der Waals surface area contributed by atoms with Gasteiger partial charge in [0.1, 0.15) is 0 Å². The summed E-state index contributed by atoms with van der Waals surface area (Å²) in [5, 5.41) is 2.60. The molecule has 21 heavy (non-hydrogen) atoms. The third-order valence-corrected chi connectivity index (χ3v) is 5.11. The second-order valence-corrected chi connectivity index (χ2v) is 6.81. The normalized spacial score (nSPS) is 15.8. The van der Waals surface area contributed by atoms with E-state index in [2.05, 4.69) is 10.0 Å². The largest absolute Gasteiger partial charge is 0.355 e. The van der Waals surface area contributed by atoms with Crippen LogP contribution in [0.5, 0.6) is 0 Å². The summed E-state index contributed by atoms with van der Waals surface area (Å²) in [5.74, 6) is -0.321. The van der Waals surface area contributed by atoms with E-state index in [1.807, 2.05) is 24.3 Å². The average Bonchev–Trinajstić information content (AvgIpc) is 2.46. The Bertz CT molecular complexity index is 665. The highest BCUT2D eigenvalue weighted by molar-refractivity contribution is 7.93. The van der Waals surface area contributed by atoms with Crippen LogP contribution in [0.4, 0.5) is 0 Å². The second-order valence-electron chi connectivity index (χ2n) is 5.05. The Balaban J connectivity index is 2.18. The van der Waals surface area contributed by atoms with E-state index in [0.29, 0.717) is 24.3 Å². The predicted molar refractivity (Wildman–Crippen MR) is 82.9 cm³/mol. The molecule has 2 rings (SSSR count). The Hall–Kier alpha value is -1.66. The molecule has 0 aliphatic heterocycles. The Kier molecular flexibility index (Phi) is 4.80. The van der Waals surface area contributed by atoms with Crippen molar-refractivity contribution in [1.29, 1.82) is 0 Å². The lowest BCUT2D eigenvalue weighted by molar-refractivity contribution is -0.122. The van der Waals surface area contributed by atoms with Crippen molar-refractivity contribution in [3.8, 4) is 0 Å². The van der Waals surface area contributed by atoms with E-state index < -0.39 is 16.1 Å². The molecular formula is C15H20N2O3S. The van der Waals surface area contributed by atoms with Gasteiger partial charge in [-0.25, -0.2) is 8.42 Å². The number of rotatable bonds is 5. The fourth-order valence-electron chi connectivity index (χ4n) is 2.31. The molecule has 2 N–H and O–H groups in total. The lowest BCUT2D eigenvalue weighted by atomic mass is 9.98. The van der Waals surface area contributed by atoms with Crippen molar-refractivity contribution in [3.63, 3.8) is 0 Å². The van der Waals surface area contributed by atoms with E-state index in [0.717, 1.165) is 11.1 Å².